The molecule has 0 atom stereocenters. The lowest BCUT2D eigenvalue weighted by molar-refractivity contribution is -0.385. The minimum absolute atomic E-state index is 0.00409. The maximum absolute atomic E-state index is 13.3. The molecule has 12 nitrogen and oxygen atoms in total. The third-order valence-corrected chi connectivity index (χ3v) is 9.45. The number of nitro benzene ring substituents is 1. The fraction of sp³-hybridized carbons (Fsp3) is 0.240. The summed E-state index contributed by atoms with van der Waals surface area (Å²) in [6.45, 7) is 2.66. The summed E-state index contributed by atoms with van der Waals surface area (Å²) in [5, 5.41) is 15.6. The normalized spacial score (nSPS) is 14.7. The zero-order valence-corrected chi connectivity index (χ0v) is 22.8. The molecule has 3 aromatic carbocycles. The van der Waals surface area contributed by atoms with E-state index in [1.54, 1.807) is 37.3 Å². The highest BCUT2D eigenvalue weighted by molar-refractivity contribution is 7.93. The second-order valence-electron chi connectivity index (χ2n) is 8.69. The summed E-state index contributed by atoms with van der Waals surface area (Å²) < 4.78 is 61.2. The minimum atomic E-state index is -4.31. The number of nitro groups is 1. The quantitative estimate of drug-likeness (QED) is 0.209. The van der Waals surface area contributed by atoms with E-state index in [0.717, 1.165) is 25.0 Å². The lowest BCUT2D eigenvalue weighted by atomic mass is 10.1. The lowest BCUT2D eigenvalue weighted by Crippen LogP contribution is -2.27. The number of rotatable bonds is 10. The number of ether oxygens (including phenoxy) is 1. The van der Waals surface area contributed by atoms with Gasteiger partial charge in [-0.1, -0.05) is 24.3 Å². The van der Waals surface area contributed by atoms with E-state index >= 15 is 0 Å². The maximum atomic E-state index is 13.3. The topological polar surface area (TPSA) is 160 Å². The van der Waals surface area contributed by atoms with Crippen LogP contribution >= 0.6 is 0 Å². The van der Waals surface area contributed by atoms with Crippen molar-refractivity contribution in [1.29, 1.82) is 0 Å². The summed E-state index contributed by atoms with van der Waals surface area (Å²) in [7, 11) is -6.48. The number of sulfonamides is 2. The first-order chi connectivity index (χ1) is 18.5. The fourth-order valence-electron chi connectivity index (χ4n) is 4.02. The van der Waals surface area contributed by atoms with Crippen molar-refractivity contribution in [3.8, 4) is 5.75 Å². The molecule has 0 radical (unpaired) electrons. The number of hydrogen-bond donors (Lipinski definition) is 2. The molecule has 2 N–H and O–H groups in total. The molecule has 1 aliphatic rings. The monoisotopic (exact) mass is 573 g/mol. The molecular formula is C25H27N5O7S2. The highest BCUT2D eigenvalue weighted by Crippen LogP contribution is 2.31. The van der Waals surface area contributed by atoms with Crippen LogP contribution in [0.15, 0.2) is 81.6 Å². The third-order valence-electron chi connectivity index (χ3n) is 6.14. The summed E-state index contributed by atoms with van der Waals surface area (Å²) in [6.07, 6.45) is 1.67. The third kappa shape index (κ3) is 6.19. The van der Waals surface area contributed by atoms with Crippen LogP contribution in [-0.4, -0.2) is 52.0 Å². The molecule has 0 aromatic heterocycles. The molecule has 3 aromatic rings. The number of benzene rings is 3. The molecule has 0 amide bonds. The number of hydrazone groups is 1. The van der Waals surface area contributed by atoms with Gasteiger partial charge in [-0.25, -0.2) is 16.8 Å². The molecule has 0 spiro atoms. The highest BCUT2D eigenvalue weighted by Gasteiger charge is 2.27. The molecule has 1 fully saturated rings. The molecule has 4 rings (SSSR count). The average Bonchev–Trinajstić information content (AvgIpc) is 3.48. The first-order valence-corrected chi connectivity index (χ1v) is 14.8. The van der Waals surface area contributed by atoms with E-state index in [2.05, 4.69) is 15.2 Å². The van der Waals surface area contributed by atoms with Crippen LogP contribution in [0.25, 0.3) is 0 Å². The number of non-ortho nitro benzene ring substituents is 1. The number of nitrogens with zero attached hydrogens (tertiary/aromatic N) is 3. The van der Waals surface area contributed by atoms with Crippen molar-refractivity contribution in [2.75, 3.05) is 30.3 Å². The summed E-state index contributed by atoms with van der Waals surface area (Å²) in [5.41, 5.74) is 3.43. The molecule has 206 valence electrons. The molecule has 39 heavy (non-hydrogen) atoms. The Morgan fingerprint density at radius 1 is 0.974 bits per heavy atom. The van der Waals surface area contributed by atoms with Crippen molar-refractivity contribution in [3.63, 3.8) is 0 Å². The standard InChI is InChI=1S/C25H27N5O7S2/c1-18(19-9-12-21(13-10-19)39(35,36)29-15-5-6-16-29)26-27-23-14-11-20(30(31)32)17-25(23)38(33,34)28-22-7-3-4-8-24(22)37-2/h3-4,7-14,17,27-28H,5-6,15-16H2,1-2H3/b26-18-. The van der Waals surface area contributed by atoms with Gasteiger partial charge in [0.1, 0.15) is 10.6 Å². The Kier molecular flexibility index (Phi) is 8.18. The second kappa shape index (κ2) is 11.4. The van der Waals surface area contributed by atoms with Gasteiger partial charge >= 0.3 is 0 Å². The van der Waals surface area contributed by atoms with Gasteiger partial charge in [-0.15, -0.1) is 0 Å². The molecule has 1 aliphatic heterocycles. The van der Waals surface area contributed by atoms with Crippen molar-refractivity contribution < 1.29 is 26.5 Å². The Bertz CT molecular complexity index is 1620. The van der Waals surface area contributed by atoms with E-state index in [1.807, 2.05) is 0 Å². The second-order valence-corrected chi connectivity index (χ2v) is 12.3. The van der Waals surface area contributed by atoms with E-state index < -0.39 is 35.6 Å². The van der Waals surface area contributed by atoms with Gasteiger partial charge in [0.15, 0.2) is 0 Å². The summed E-state index contributed by atoms with van der Waals surface area (Å²) in [6, 6.07) is 15.9. The lowest BCUT2D eigenvalue weighted by Gasteiger charge is -2.15. The van der Waals surface area contributed by atoms with Crippen molar-refractivity contribution >= 4 is 42.8 Å². The van der Waals surface area contributed by atoms with E-state index in [9.17, 15) is 26.9 Å². The van der Waals surface area contributed by atoms with Crippen LogP contribution in [0.3, 0.4) is 0 Å². The largest absolute Gasteiger partial charge is 0.495 e. The minimum Gasteiger partial charge on any atom is -0.495 e. The van der Waals surface area contributed by atoms with Crippen molar-refractivity contribution in [2.24, 2.45) is 5.10 Å². The molecule has 0 bridgehead atoms. The average molecular weight is 574 g/mol. The smallest absolute Gasteiger partial charge is 0.270 e. The van der Waals surface area contributed by atoms with Gasteiger partial charge in [-0.2, -0.15) is 9.41 Å². The van der Waals surface area contributed by atoms with E-state index in [-0.39, 0.29) is 22.0 Å². The predicted octanol–water partition coefficient (Wildman–Crippen LogP) is 4.02. The van der Waals surface area contributed by atoms with Gasteiger partial charge < -0.3 is 4.74 Å². The molecule has 0 saturated carbocycles. The first kappa shape index (κ1) is 28.0. The molecule has 1 saturated heterocycles. The highest BCUT2D eigenvalue weighted by atomic mass is 32.2. The van der Waals surface area contributed by atoms with E-state index in [0.29, 0.717) is 24.4 Å². The van der Waals surface area contributed by atoms with Crippen LogP contribution in [0.2, 0.25) is 0 Å². The first-order valence-electron chi connectivity index (χ1n) is 11.9. The zero-order chi connectivity index (χ0) is 28.2. The van der Waals surface area contributed by atoms with Crippen LogP contribution < -0.4 is 14.9 Å². The zero-order valence-electron chi connectivity index (χ0n) is 21.2. The van der Waals surface area contributed by atoms with Gasteiger partial charge in [-0.3, -0.25) is 20.3 Å². The van der Waals surface area contributed by atoms with Gasteiger partial charge in [0, 0.05) is 25.2 Å². The summed E-state index contributed by atoms with van der Waals surface area (Å²) in [5.74, 6) is 0.269. The van der Waals surface area contributed by atoms with Gasteiger partial charge in [0.2, 0.25) is 10.0 Å². The molecule has 0 aliphatic carbocycles. The van der Waals surface area contributed by atoms with Crippen molar-refractivity contribution in [1.82, 2.24) is 4.31 Å². The Hall–Kier alpha value is -4.01. The van der Waals surface area contributed by atoms with E-state index in [4.69, 9.17) is 4.74 Å². The van der Waals surface area contributed by atoms with Crippen LogP contribution in [0, 0.1) is 10.1 Å². The van der Waals surface area contributed by atoms with Crippen LogP contribution in [-0.2, 0) is 20.0 Å². The van der Waals surface area contributed by atoms with Crippen LogP contribution in [0.5, 0.6) is 5.75 Å². The number of hydrogen-bond acceptors (Lipinski definition) is 9. The van der Waals surface area contributed by atoms with Gasteiger partial charge in [-0.05, 0) is 55.7 Å². The molecule has 0 unspecified atom stereocenters. The maximum Gasteiger partial charge on any atom is 0.270 e. The number of para-hydroxylation sites is 2. The molecule has 1 heterocycles. The van der Waals surface area contributed by atoms with E-state index in [1.165, 1.54) is 35.7 Å². The number of nitrogens with one attached hydrogen (secondary N) is 2. The summed E-state index contributed by atoms with van der Waals surface area (Å²) >= 11 is 0. The number of methoxy groups -OCH3 is 1. The Balaban J connectivity index is 1.61. The van der Waals surface area contributed by atoms with Crippen LogP contribution in [0.4, 0.5) is 17.1 Å². The molecular weight excluding hydrogens is 546 g/mol. The SMILES string of the molecule is COc1ccccc1NS(=O)(=O)c1cc([N+](=O)[O-])ccc1N/N=C(/C)c1ccc(S(=O)(=O)N2CCCC2)cc1. The van der Waals surface area contributed by atoms with Gasteiger partial charge in [0.25, 0.3) is 15.7 Å². The van der Waals surface area contributed by atoms with Crippen LogP contribution in [0.1, 0.15) is 25.3 Å². The molecule has 14 heteroatoms. The summed E-state index contributed by atoms with van der Waals surface area (Å²) in [4.78, 5) is 10.4. The number of anilines is 2. The van der Waals surface area contributed by atoms with Gasteiger partial charge in [0.05, 0.1) is 34.0 Å². The van der Waals surface area contributed by atoms with Crippen molar-refractivity contribution in [2.45, 2.75) is 29.6 Å². The van der Waals surface area contributed by atoms with Crippen molar-refractivity contribution in [3.05, 3.63) is 82.4 Å². The Morgan fingerprint density at radius 2 is 1.64 bits per heavy atom. The Labute approximate surface area is 226 Å². The Morgan fingerprint density at radius 3 is 2.28 bits per heavy atom. The fourth-order valence-corrected chi connectivity index (χ4v) is 6.79. The predicted molar refractivity (Wildman–Crippen MR) is 147 cm³/mol.